The van der Waals surface area contributed by atoms with E-state index < -0.39 is 0 Å². The van der Waals surface area contributed by atoms with Gasteiger partial charge in [0.25, 0.3) is 5.56 Å². The number of nitriles is 1. The van der Waals surface area contributed by atoms with E-state index in [-0.39, 0.29) is 11.1 Å². The number of aryl methyl sites for hydroxylation is 2. The molecule has 0 saturated heterocycles. The Morgan fingerprint density at radius 1 is 1.22 bits per heavy atom. The Bertz CT molecular complexity index is 711. The maximum Gasteiger partial charge on any atom is 0.266 e. The third-order valence-electron chi connectivity index (χ3n) is 2.76. The molecular formula is C14H11ClN2O. The number of H-pyrrole nitrogens is 1. The number of hydrogen-bond donors (Lipinski definition) is 1. The highest BCUT2D eigenvalue weighted by molar-refractivity contribution is 6.30. The van der Waals surface area contributed by atoms with Crippen molar-refractivity contribution in [3.05, 3.63) is 56.5 Å². The fourth-order valence-electron chi connectivity index (χ4n) is 1.94. The molecule has 0 radical (unpaired) electrons. The third kappa shape index (κ3) is 2.15. The maximum absolute atomic E-state index is 11.7. The van der Waals surface area contributed by atoms with Gasteiger partial charge in [-0.2, -0.15) is 5.26 Å². The van der Waals surface area contributed by atoms with Crippen LogP contribution in [-0.4, -0.2) is 4.98 Å². The molecule has 0 aliphatic carbocycles. The quantitative estimate of drug-likeness (QED) is 0.854. The van der Waals surface area contributed by atoms with Crippen LogP contribution in [0.2, 0.25) is 5.02 Å². The predicted octanol–water partition coefficient (Wildman–Crippen LogP) is 3.18. The van der Waals surface area contributed by atoms with Crippen LogP contribution in [0.4, 0.5) is 0 Å². The molecule has 4 heteroatoms. The molecular weight excluding hydrogens is 248 g/mol. The lowest BCUT2D eigenvalue weighted by Gasteiger charge is -2.08. The molecule has 1 aromatic heterocycles. The van der Waals surface area contributed by atoms with Gasteiger partial charge >= 0.3 is 0 Å². The highest BCUT2D eigenvalue weighted by Crippen LogP contribution is 2.27. The molecule has 1 N–H and O–H groups in total. The number of pyridine rings is 1. The lowest BCUT2D eigenvalue weighted by molar-refractivity contribution is 1.13. The molecule has 1 aromatic carbocycles. The first-order chi connectivity index (χ1) is 8.52. The molecule has 0 aliphatic rings. The summed E-state index contributed by atoms with van der Waals surface area (Å²) in [6, 6.07) is 9.15. The Labute approximate surface area is 110 Å². The van der Waals surface area contributed by atoms with Gasteiger partial charge in [0.05, 0.1) is 0 Å². The largest absolute Gasteiger partial charge is 0.325 e. The Morgan fingerprint density at radius 3 is 2.56 bits per heavy atom. The minimum Gasteiger partial charge on any atom is -0.325 e. The molecule has 0 atom stereocenters. The second-order valence-corrected chi connectivity index (χ2v) is 4.58. The Kier molecular flexibility index (Phi) is 3.22. The van der Waals surface area contributed by atoms with Crippen molar-refractivity contribution in [3.8, 4) is 17.2 Å². The van der Waals surface area contributed by atoms with Crippen molar-refractivity contribution in [1.29, 1.82) is 5.26 Å². The van der Waals surface area contributed by atoms with E-state index in [9.17, 15) is 4.79 Å². The summed E-state index contributed by atoms with van der Waals surface area (Å²) in [5.74, 6) is 0. The van der Waals surface area contributed by atoms with Gasteiger partial charge in [-0.3, -0.25) is 4.79 Å². The molecule has 90 valence electrons. The standard InChI is InChI=1S/C14H11ClN2O/c1-8-5-10(15)3-4-11(8)12-6-9(2)17-14(18)13(12)7-16/h3-6H,1-2H3,(H,17,18). The van der Waals surface area contributed by atoms with E-state index in [1.807, 2.05) is 25.1 Å². The van der Waals surface area contributed by atoms with E-state index in [1.54, 1.807) is 19.1 Å². The summed E-state index contributed by atoms with van der Waals surface area (Å²) in [5, 5.41) is 9.74. The first-order valence-electron chi connectivity index (χ1n) is 5.43. The van der Waals surface area contributed by atoms with Crippen molar-refractivity contribution < 1.29 is 0 Å². The van der Waals surface area contributed by atoms with Gasteiger partial charge in [-0.25, -0.2) is 0 Å². The number of aromatic amines is 1. The summed E-state index contributed by atoms with van der Waals surface area (Å²) in [6.07, 6.45) is 0. The van der Waals surface area contributed by atoms with Gasteiger partial charge in [-0.1, -0.05) is 17.7 Å². The van der Waals surface area contributed by atoms with Crippen LogP contribution in [0.5, 0.6) is 0 Å². The molecule has 2 rings (SSSR count). The monoisotopic (exact) mass is 258 g/mol. The lowest BCUT2D eigenvalue weighted by Crippen LogP contribution is -2.12. The van der Waals surface area contributed by atoms with E-state index >= 15 is 0 Å². The minimum atomic E-state index is -0.359. The first-order valence-corrected chi connectivity index (χ1v) is 5.81. The summed E-state index contributed by atoms with van der Waals surface area (Å²) in [5.41, 5.74) is 2.93. The van der Waals surface area contributed by atoms with Crippen LogP contribution >= 0.6 is 11.6 Å². The molecule has 0 spiro atoms. The molecule has 0 amide bonds. The number of benzene rings is 1. The molecule has 3 nitrogen and oxygen atoms in total. The molecule has 0 aliphatic heterocycles. The van der Waals surface area contributed by atoms with Crippen LogP contribution in [-0.2, 0) is 0 Å². The number of halogens is 1. The first kappa shape index (κ1) is 12.4. The molecule has 0 unspecified atom stereocenters. The summed E-state index contributed by atoms with van der Waals surface area (Å²) in [6.45, 7) is 3.69. The number of rotatable bonds is 1. The van der Waals surface area contributed by atoms with Crippen LogP contribution in [0.15, 0.2) is 29.1 Å². The normalized spacial score (nSPS) is 10.1. The van der Waals surface area contributed by atoms with Gasteiger partial charge in [-0.05, 0) is 43.2 Å². The molecule has 0 saturated carbocycles. The maximum atomic E-state index is 11.7. The molecule has 18 heavy (non-hydrogen) atoms. The minimum absolute atomic E-state index is 0.131. The van der Waals surface area contributed by atoms with Gasteiger partial charge in [-0.15, -0.1) is 0 Å². The zero-order valence-electron chi connectivity index (χ0n) is 10.0. The summed E-state index contributed by atoms with van der Waals surface area (Å²) in [4.78, 5) is 14.4. The number of hydrogen-bond acceptors (Lipinski definition) is 2. The van der Waals surface area contributed by atoms with Crippen molar-refractivity contribution in [2.45, 2.75) is 13.8 Å². The Hall–Kier alpha value is -2.05. The van der Waals surface area contributed by atoms with Crippen LogP contribution in [0.3, 0.4) is 0 Å². The van der Waals surface area contributed by atoms with Crippen molar-refractivity contribution in [3.63, 3.8) is 0 Å². The number of nitrogens with zero attached hydrogens (tertiary/aromatic N) is 1. The zero-order chi connectivity index (χ0) is 13.3. The van der Waals surface area contributed by atoms with E-state index in [0.717, 1.165) is 16.8 Å². The second kappa shape index (κ2) is 4.67. The second-order valence-electron chi connectivity index (χ2n) is 4.14. The van der Waals surface area contributed by atoms with E-state index in [4.69, 9.17) is 16.9 Å². The van der Waals surface area contributed by atoms with Crippen molar-refractivity contribution >= 4 is 11.6 Å². The van der Waals surface area contributed by atoms with Gasteiger partial charge < -0.3 is 4.98 Å². The van der Waals surface area contributed by atoms with Gasteiger partial charge in [0.1, 0.15) is 11.6 Å². The average molecular weight is 259 g/mol. The van der Waals surface area contributed by atoms with Crippen LogP contribution in [0, 0.1) is 25.2 Å². The lowest BCUT2D eigenvalue weighted by atomic mass is 9.97. The third-order valence-corrected chi connectivity index (χ3v) is 2.99. The summed E-state index contributed by atoms with van der Waals surface area (Å²) >= 11 is 5.91. The number of aromatic nitrogens is 1. The van der Waals surface area contributed by atoms with Crippen molar-refractivity contribution in [2.24, 2.45) is 0 Å². The molecule has 0 bridgehead atoms. The summed E-state index contributed by atoms with van der Waals surface area (Å²) < 4.78 is 0. The highest BCUT2D eigenvalue weighted by Gasteiger charge is 2.12. The predicted molar refractivity (Wildman–Crippen MR) is 71.7 cm³/mol. The summed E-state index contributed by atoms with van der Waals surface area (Å²) in [7, 11) is 0. The SMILES string of the molecule is Cc1cc(-c2ccc(Cl)cc2C)c(C#N)c(=O)[nH]1. The molecule has 0 fully saturated rings. The highest BCUT2D eigenvalue weighted by atomic mass is 35.5. The van der Waals surface area contributed by atoms with E-state index in [1.165, 1.54) is 0 Å². The average Bonchev–Trinajstić information content (AvgIpc) is 2.28. The van der Waals surface area contributed by atoms with E-state index in [2.05, 4.69) is 4.98 Å². The van der Waals surface area contributed by atoms with E-state index in [0.29, 0.717) is 10.6 Å². The molecule has 1 heterocycles. The fraction of sp³-hybridized carbons (Fsp3) is 0.143. The van der Waals surface area contributed by atoms with Crippen LogP contribution < -0.4 is 5.56 Å². The van der Waals surface area contributed by atoms with Crippen LogP contribution in [0.1, 0.15) is 16.8 Å². The van der Waals surface area contributed by atoms with Crippen molar-refractivity contribution in [1.82, 2.24) is 4.98 Å². The van der Waals surface area contributed by atoms with Gasteiger partial charge in [0, 0.05) is 16.3 Å². The van der Waals surface area contributed by atoms with Crippen molar-refractivity contribution in [2.75, 3.05) is 0 Å². The fourth-order valence-corrected chi connectivity index (χ4v) is 2.17. The van der Waals surface area contributed by atoms with Gasteiger partial charge in [0.2, 0.25) is 0 Å². The van der Waals surface area contributed by atoms with Crippen LogP contribution in [0.25, 0.3) is 11.1 Å². The topological polar surface area (TPSA) is 56.6 Å². The Balaban J connectivity index is 2.79. The smallest absolute Gasteiger partial charge is 0.266 e. The Morgan fingerprint density at radius 2 is 1.94 bits per heavy atom. The number of nitrogens with one attached hydrogen (secondary N) is 1. The zero-order valence-corrected chi connectivity index (χ0v) is 10.8. The molecule has 2 aromatic rings. The van der Waals surface area contributed by atoms with Gasteiger partial charge in [0.15, 0.2) is 0 Å².